The highest BCUT2D eigenvalue weighted by Gasteiger charge is 2.25. The van der Waals surface area contributed by atoms with Crippen molar-refractivity contribution in [3.8, 4) is 0 Å². The molecule has 2 aromatic rings. The van der Waals surface area contributed by atoms with Crippen LogP contribution in [0.25, 0.3) is 10.2 Å². The number of aliphatic hydroxyl groups excluding tert-OH is 1. The second-order valence-corrected chi connectivity index (χ2v) is 7.97. The molecule has 2 atom stereocenters. The van der Waals surface area contributed by atoms with Crippen LogP contribution in [0.15, 0.2) is 15.6 Å². The summed E-state index contributed by atoms with van der Waals surface area (Å²) in [5.74, 6) is -0.117. The molecule has 9 heteroatoms. The summed E-state index contributed by atoms with van der Waals surface area (Å²) >= 11 is 10.4. The van der Waals surface area contributed by atoms with Gasteiger partial charge in [0.25, 0.3) is 5.56 Å². The predicted octanol–water partition coefficient (Wildman–Crippen LogP) is 1.95. The van der Waals surface area contributed by atoms with Crippen LogP contribution in [0.4, 0.5) is 0 Å². The summed E-state index contributed by atoms with van der Waals surface area (Å²) in [6, 6.07) is -0.242. The number of nitrogens with zero attached hydrogens (tertiary/aromatic N) is 2. The van der Waals surface area contributed by atoms with E-state index in [4.69, 9.17) is 11.6 Å². The van der Waals surface area contributed by atoms with Crippen LogP contribution in [0.2, 0.25) is 4.34 Å². The van der Waals surface area contributed by atoms with E-state index in [1.54, 1.807) is 0 Å². The SMILES string of the molecule is O=C(C[C@@H]1NCCC[C@H]1O)Cn1cnc2c(Br)c(Cl)sc2c1=O. The third-order valence-electron chi connectivity index (χ3n) is 3.91. The number of hydrogen-bond acceptors (Lipinski definition) is 6. The van der Waals surface area contributed by atoms with Crippen molar-refractivity contribution in [1.82, 2.24) is 14.9 Å². The summed E-state index contributed by atoms with van der Waals surface area (Å²) in [6.07, 6.45) is 2.64. The first-order valence-corrected chi connectivity index (χ1v) is 9.22. The minimum atomic E-state index is -0.517. The lowest BCUT2D eigenvalue weighted by atomic mass is 9.97. The molecule has 2 N–H and O–H groups in total. The Morgan fingerprint density at radius 3 is 3.13 bits per heavy atom. The Morgan fingerprint density at radius 1 is 1.61 bits per heavy atom. The van der Waals surface area contributed by atoms with Gasteiger partial charge in [-0.15, -0.1) is 11.3 Å². The standard InChI is InChI=1S/C14H15BrClN3O3S/c15-10-11-12(23-13(10)16)14(22)19(6-18-11)5-7(20)4-8-9(21)2-1-3-17-8/h6,8-9,17,21H,1-5H2/t8-,9+/m0/s1. The lowest BCUT2D eigenvalue weighted by Gasteiger charge is -2.28. The number of nitrogens with one attached hydrogen (secondary N) is 1. The number of rotatable bonds is 4. The molecule has 0 aromatic carbocycles. The van der Waals surface area contributed by atoms with E-state index < -0.39 is 6.10 Å². The van der Waals surface area contributed by atoms with Gasteiger partial charge in [-0.1, -0.05) is 11.6 Å². The van der Waals surface area contributed by atoms with E-state index in [1.807, 2.05) is 0 Å². The van der Waals surface area contributed by atoms with E-state index in [1.165, 1.54) is 10.9 Å². The Morgan fingerprint density at radius 2 is 2.39 bits per heavy atom. The summed E-state index contributed by atoms with van der Waals surface area (Å²) in [5.41, 5.74) is 0.233. The van der Waals surface area contributed by atoms with Gasteiger partial charge >= 0.3 is 0 Å². The third-order valence-corrected chi connectivity index (χ3v) is 6.55. The van der Waals surface area contributed by atoms with Gasteiger partial charge in [0.1, 0.15) is 14.6 Å². The number of ketones is 1. The molecular weight excluding hydrogens is 406 g/mol. The lowest BCUT2D eigenvalue weighted by Crippen LogP contribution is -2.46. The summed E-state index contributed by atoms with van der Waals surface area (Å²) in [4.78, 5) is 28.8. The first kappa shape index (κ1) is 17.0. The van der Waals surface area contributed by atoms with E-state index in [-0.39, 0.29) is 30.3 Å². The quantitative estimate of drug-likeness (QED) is 0.790. The number of halogens is 2. The maximum atomic E-state index is 12.4. The number of thiophene rings is 1. The molecule has 3 rings (SSSR count). The second kappa shape index (κ2) is 6.98. The fourth-order valence-electron chi connectivity index (χ4n) is 2.70. The smallest absolute Gasteiger partial charge is 0.271 e. The first-order chi connectivity index (χ1) is 11.0. The number of carbonyl (C=O) groups is 1. The molecule has 0 amide bonds. The second-order valence-electron chi connectivity index (χ2n) is 5.56. The topological polar surface area (TPSA) is 84.2 Å². The highest BCUT2D eigenvalue weighted by molar-refractivity contribution is 9.10. The molecule has 0 spiro atoms. The molecule has 0 aliphatic carbocycles. The van der Waals surface area contributed by atoms with Gasteiger partial charge in [0.05, 0.1) is 23.4 Å². The summed E-state index contributed by atoms with van der Waals surface area (Å²) in [5, 5.41) is 13.0. The predicted molar refractivity (Wildman–Crippen MR) is 93.2 cm³/mol. The van der Waals surface area contributed by atoms with E-state index in [2.05, 4.69) is 26.2 Å². The molecule has 23 heavy (non-hydrogen) atoms. The number of carbonyl (C=O) groups excluding carboxylic acids is 1. The van der Waals surface area contributed by atoms with Crippen LogP contribution >= 0.6 is 38.9 Å². The molecule has 0 bridgehead atoms. The molecule has 1 saturated heterocycles. The van der Waals surface area contributed by atoms with Crippen molar-refractivity contribution in [2.45, 2.75) is 38.0 Å². The Kier molecular flexibility index (Phi) is 5.17. The molecule has 0 unspecified atom stereocenters. The molecule has 0 saturated carbocycles. The van der Waals surface area contributed by atoms with Gasteiger partial charge < -0.3 is 10.4 Å². The summed E-state index contributed by atoms with van der Waals surface area (Å²) in [7, 11) is 0. The average molecular weight is 421 g/mol. The van der Waals surface area contributed by atoms with Gasteiger partial charge in [-0.2, -0.15) is 0 Å². The minimum Gasteiger partial charge on any atom is -0.391 e. The molecular formula is C14H15BrClN3O3S. The highest BCUT2D eigenvalue weighted by atomic mass is 79.9. The Balaban J connectivity index is 1.77. The fraction of sp³-hybridized carbons (Fsp3) is 0.500. The van der Waals surface area contributed by atoms with Crippen LogP contribution in [0.5, 0.6) is 0 Å². The molecule has 1 aliphatic heterocycles. The van der Waals surface area contributed by atoms with Crippen molar-refractivity contribution in [1.29, 1.82) is 0 Å². The van der Waals surface area contributed by atoms with Gasteiger partial charge in [-0.25, -0.2) is 4.98 Å². The number of aliphatic hydroxyl groups is 1. The molecule has 0 radical (unpaired) electrons. The highest BCUT2D eigenvalue weighted by Crippen LogP contribution is 2.35. The van der Waals surface area contributed by atoms with Crippen LogP contribution in [0.1, 0.15) is 19.3 Å². The average Bonchev–Trinajstić information content (AvgIpc) is 2.81. The van der Waals surface area contributed by atoms with Crippen LogP contribution < -0.4 is 10.9 Å². The maximum absolute atomic E-state index is 12.4. The number of fused-ring (bicyclic) bond motifs is 1. The zero-order chi connectivity index (χ0) is 16.6. The van der Waals surface area contributed by atoms with Gasteiger partial charge in [0, 0.05) is 12.5 Å². The van der Waals surface area contributed by atoms with Crippen LogP contribution in [-0.4, -0.2) is 39.1 Å². The molecule has 6 nitrogen and oxygen atoms in total. The van der Waals surface area contributed by atoms with Gasteiger partial charge in [0.15, 0.2) is 5.78 Å². The first-order valence-electron chi connectivity index (χ1n) is 7.23. The number of piperidine rings is 1. The van der Waals surface area contributed by atoms with E-state index in [0.717, 1.165) is 24.3 Å². The van der Waals surface area contributed by atoms with Gasteiger partial charge in [-0.05, 0) is 35.3 Å². The Bertz CT molecular complexity index is 806. The largest absolute Gasteiger partial charge is 0.391 e. The van der Waals surface area contributed by atoms with Crippen LogP contribution in [0.3, 0.4) is 0 Å². The van der Waals surface area contributed by atoms with Crippen LogP contribution in [0, 0.1) is 0 Å². The van der Waals surface area contributed by atoms with Crippen molar-refractivity contribution in [2.24, 2.45) is 0 Å². The van der Waals surface area contributed by atoms with E-state index >= 15 is 0 Å². The van der Waals surface area contributed by atoms with E-state index in [9.17, 15) is 14.7 Å². The third kappa shape index (κ3) is 3.51. The van der Waals surface area contributed by atoms with E-state index in [0.29, 0.717) is 25.4 Å². The summed E-state index contributed by atoms with van der Waals surface area (Å²) < 4.78 is 2.78. The monoisotopic (exact) mass is 419 g/mol. The number of hydrogen-bond donors (Lipinski definition) is 2. The Labute approximate surface area is 149 Å². The number of aromatic nitrogens is 2. The maximum Gasteiger partial charge on any atom is 0.271 e. The minimum absolute atomic E-state index is 0.0557. The molecule has 2 aromatic heterocycles. The number of Topliss-reactive ketones (excluding diaryl/α,β-unsaturated/α-hetero) is 1. The lowest BCUT2D eigenvalue weighted by molar-refractivity contribution is -0.121. The zero-order valence-electron chi connectivity index (χ0n) is 12.1. The van der Waals surface area contributed by atoms with Crippen LogP contribution in [-0.2, 0) is 11.3 Å². The van der Waals surface area contributed by atoms with Crippen molar-refractivity contribution in [2.75, 3.05) is 6.54 Å². The van der Waals surface area contributed by atoms with Crippen molar-refractivity contribution >= 4 is 54.9 Å². The Hall–Kier alpha value is -0.800. The van der Waals surface area contributed by atoms with Crippen molar-refractivity contribution in [3.05, 3.63) is 25.5 Å². The molecule has 124 valence electrons. The molecule has 1 aliphatic rings. The molecule has 1 fully saturated rings. The van der Waals surface area contributed by atoms with Crippen molar-refractivity contribution < 1.29 is 9.90 Å². The molecule has 3 heterocycles. The van der Waals surface area contributed by atoms with Gasteiger partial charge in [-0.3, -0.25) is 14.2 Å². The summed E-state index contributed by atoms with van der Waals surface area (Å²) in [6.45, 7) is 0.740. The zero-order valence-corrected chi connectivity index (χ0v) is 15.2. The fourth-order valence-corrected chi connectivity index (χ4v) is 4.52. The van der Waals surface area contributed by atoms with Gasteiger partial charge in [0.2, 0.25) is 0 Å². The normalized spacial score (nSPS) is 21.7. The van der Waals surface area contributed by atoms with Crippen molar-refractivity contribution in [3.63, 3.8) is 0 Å².